The zero-order valence-corrected chi connectivity index (χ0v) is 13.4. The summed E-state index contributed by atoms with van der Waals surface area (Å²) >= 11 is 0. The van der Waals surface area contributed by atoms with E-state index in [1.807, 2.05) is 0 Å². The molecule has 0 fully saturated rings. The zero-order valence-electron chi connectivity index (χ0n) is 13.4. The van der Waals surface area contributed by atoms with Crippen molar-refractivity contribution in [1.82, 2.24) is 10.2 Å². The average Bonchev–Trinajstić information content (AvgIpc) is 2.46. The second-order valence-electron chi connectivity index (χ2n) is 5.72. The van der Waals surface area contributed by atoms with Crippen molar-refractivity contribution < 1.29 is 5.11 Å². The van der Waals surface area contributed by atoms with Crippen LogP contribution in [-0.4, -0.2) is 42.8 Å². The van der Waals surface area contributed by atoms with Gasteiger partial charge in [-0.1, -0.05) is 36.8 Å². The summed E-state index contributed by atoms with van der Waals surface area (Å²) in [7, 11) is 2.08. The smallest absolute Gasteiger partial charge is 0.0584 e. The summed E-state index contributed by atoms with van der Waals surface area (Å²) in [5.41, 5.74) is 2.67. The largest absolute Gasteiger partial charge is 0.395 e. The van der Waals surface area contributed by atoms with Gasteiger partial charge in [-0.25, -0.2) is 0 Å². The molecule has 2 atom stereocenters. The lowest BCUT2D eigenvalue weighted by atomic mass is 10.0. The van der Waals surface area contributed by atoms with Gasteiger partial charge in [0.25, 0.3) is 0 Å². The molecular weight excluding hydrogens is 248 g/mol. The van der Waals surface area contributed by atoms with Crippen LogP contribution in [0, 0.1) is 6.92 Å². The Kier molecular flexibility index (Phi) is 7.82. The average molecular weight is 278 g/mol. The number of nitrogens with one attached hydrogen (secondary N) is 1. The Morgan fingerprint density at radius 3 is 2.70 bits per heavy atom. The Bertz CT molecular complexity index is 381. The van der Waals surface area contributed by atoms with Crippen LogP contribution in [0.1, 0.15) is 43.9 Å². The van der Waals surface area contributed by atoms with Gasteiger partial charge in [0, 0.05) is 18.6 Å². The molecule has 0 aliphatic carbocycles. The van der Waals surface area contributed by atoms with Crippen LogP contribution in [0.2, 0.25) is 0 Å². The Balaban J connectivity index is 2.65. The molecule has 0 radical (unpaired) electrons. The lowest BCUT2D eigenvalue weighted by Crippen LogP contribution is -2.35. The van der Waals surface area contributed by atoms with Crippen LogP contribution >= 0.6 is 0 Å². The highest BCUT2D eigenvalue weighted by molar-refractivity contribution is 5.25. The quantitative estimate of drug-likeness (QED) is 0.729. The maximum Gasteiger partial charge on any atom is 0.0584 e. The van der Waals surface area contributed by atoms with Crippen LogP contribution < -0.4 is 5.32 Å². The number of benzene rings is 1. The number of aliphatic hydroxyl groups is 1. The SMILES string of the molecule is CCCNC(CCN(C)C(C)CO)c1cccc(C)c1. The fraction of sp³-hybridized carbons (Fsp3) is 0.647. The molecule has 0 saturated carbocycles. The Morgan fingerprint density at radius 2 is 2.10 bits per heavy atom. The van der Waals surface area contributed by atoms with Crippen molar-refractivity contribution in [3.8, 4) is 0 Å². The summed E-state index contributed by atoms with van der Waals surface area (Å²) in [4.78, 5) is 2.22. The standard InChI is InChI=1S/C17H30N2O/c1-5-10-18-17(9-11-19(4)15(3)13-20)16-8-6-7-14(2)12-16/h6-8,12,15,17-18,20H,5,9-11,13H2,1-4H3. The third-order valence-corrected chi connectivity index (χ3v) is 3.87. The van der Waals surface area contributed by atoms with Gasteiger partial charge >= 0.3 is 0 Å². The third kappa shape index (κ3) is 5.61. The van der Waals surface area contributed by atoms with Gasteiger partial charge in [-0.05, 0) is 45.8 Å². The van der Waals surface area contributed by atoms with Crippen LogP contribution in [0.4, 0.5) is 0 Å². The minimum atomic E-state index is 0.216. The van der Waals surface area contributed by atoms with Crippen LogP contribution in [0.25, 0.3) is 0 Å². The minimum Gasteiger partial charge on any atom is -0.395 e. The van der Waals surface area contributed by atoms with Gasteiger partial charge in [0.1, 0.15) is 0 Å². The first-order chi connectivity index (χ1) is 9.58. The molecule has 0 spiro atoms. The molecule has 1 rings (SSSR count). The van der Waals surface area contributed by atoms with Gasteiger partial charge in [0.15, 0.2) is 0 Å². The number of hydrogen-bond donors (Lipinski definition) is 2. The zero-order chi connectivity index (χ0) is 15.0. The van der Waals surface area contributed by atoms with Gasteiger partial charge in [0.2, 0.25) is 0 Å². The summed E-state index contributed by atoms with van der Waals surface area (Å²) in [6.07, 6.45) is 2.20. The molecule has 0 saturated heterocycles. The Morgan fingerprint density at radius 1 is 1.35 bits per heavy atom. The molecule has 0 aliphatic heterocycles. The van der Waals surface area contributed by atoms with Gasteiger partial charge in [0.05, 0.1) is 6.61 Å². The highest BCUT2D eigenvalue weighted by atomic mass is 16.3. The van der Waals surface area contributed by atoms with Crippen molar-refractivity contribution >= 4 is 0 Å². The summed E-state index contributed by atoms with van der Waals surface area (Å²) in [5, 5.41) is 12.8. The Labute approximate surface area is 124 Å². The van der Waals surface area contributed by atoms with Crippen LogP contribution in [-0.2, 0) is 0 Å². The molecule has 114 valence electrons. The van der Waals surface area contributed by atoms with Crippen molar-refractivity contribution in [2.75, 3.05) is 26.7 Å². The molecular formula is C17H30N2O. The Hall–Kier alpha value is -0.900. The highest BCUT2D eigenvalue weighted by Gasteiger charge is 2.14. The molecule has 0 amide bonds. The predicted octanol–water partition coefficient (Wildman–Crippen LogP) is 2.74. The normalized spacial score (nSPS) is 14.5. The van der Waals surface area contributed by atoms with Gasteiger partial charge in [-0.2, -0.15) is 0 Å². The molecule has 3 heteroatoms. The number of aliphatic hydroxyl groups excluding tert-OH is 1. The van der Waals surface area contributed by atoms with Gasteiger partial charge in [-0.3, -0.25) is 0 Å². The van der Waals surface area contributed by atoms with E-state index in [-0.39, 0.29) is 12.6 Å². The second kappa shape index (κ2) is 9.11. The third-order valence-electron chi connectivity index (χ3n) is 3.87. The van der Waals surface area contributed by atoms with E-state index < -0.39 is 0 Å². The van der Waals surface area contributed by atoms with Crippen molar-refractivity contribution in [3.63, 3.8) is 0 Å². The summed E-state index contributed by atoms with van der Waals surface area (Å²) in [6.45, 7) is 8.63. The molecule has 2 N–H and O–H groups in total. The maximum atomic E-state index is 9.21. The molecule has 1 aromatic carbocycles. The van der Waals surface area contributed by atoms with E-state index in [9.17, 15) is 5.11 Å². The first-order valence-corrected chi connectivity index (χ1v) is 7.69. The van der Waals surface area contributed by atoms with E-state index in [2.05, 4.69) is 62.3 Å². The second-order valence-corrected chi connectivity index (χ2v) is 5.72. The fourth-order valence-corrected chi connectivity index (χ4v) is 2.28. The summed E-state index contributed by atoms with van der Waals surface area (Å²) in [5.74, 6) is 0. The van der Waals surface area contributed by atoms with Crippen molar-refractivity contribution in [2.24, 2.45) is 0 Å². The molecule has 2 unspecified atom stereocenters. The van der Waals surface area contributed by atoms with E-state index in [4.69, 9.17) is 0 Å². The van der Waals surface area contributed by atoms with Gasteiger partial charge < -0.3 is 15.3 Å². The first-order valence-electron chi connectivity index (χ1n) is 7.69. The predicted molar refractivity (Wildman–Crippen MR) is 86.0 cm³/mol. The van der Waals surface area contributed by atoms with Crippen LogP contribution in [0.3, 0.4) is 0 Å². The molecule has 20 heavy (non-hydrogen) atoms. The van der Waals surface area contributed by atoms with Crippen LogP contribution in [0.5, 0.6) is 0 Å². The van der Waals surface area contributed by atoms with Crippen molar-refractivity contribution in [1.29, 1.82) is 0 Å². The maximum absolute atomic E-state index is 9.21. The number of nitrogens with zero attached hydrogens (tertiary/aromatic N) is 1. The lowest BCUT2D eigenvalue weighted by molar-refractivity contribution is 0.154. The van der Waals surface area contributed by atoms with E-state index in [1.165, 1.54) is 11.1 Å². The van der Waals surface area contributed by atoms with Crippen molar-refractivity contribution in [2.45, 2.75) is 45.7 Å². The number of rotatable bonds is 9. The number of hydrogen-bond acceptors (Lipinski definition) is 3. The monoisotopic (exact) mass is 278 g/mol. The molecule has 0 aromatic heterocycles. The molecule has 1 aromatic rings. The van der Waals surface area contributed by atoms with E-state index in [1.54, 1.807) is 0 Å². The van der Waals surface area contributed by atoms with Gasteiger partial charge in [-0.15, -0.1) is 0 Å². The minimum absolute atomic E-state index is 0.216. The van der Waals surface area contributed by atoms with Crippen LogP contribution in [0.15, 0.2) is 24.3 Å². The lowest BCUT2D eigenvalue weighted by Gasteiger charge is -2.26. The highest BCUT2D eigenvalue weighted by Crippen LogP contribution is 2.18. The number of aryl methyl sites for hydroxylation is 1. The fourth-order valence-electron chi connectivity index (χ4n) is 2.28. The topological polar surface area (TPSA) is 35.5 Å². The molecule has 3 nitrogen and oxygen atoms in total. The van der Waals surface area contributed by atoms with E-state index in [0.29, 0.717) is 6.04 Å². The molecule has 0 aliphatic rings. The van der Waals surface area contributed by atoms with E-state index in [0.717, 1.165) is 25.9 Å². The molecule has 0 heterocycles. The first kappa shape index (κ1) is 17.2. The molecule has 0 bridgehead atoms. The number of likely N-dealkylation sites (N-methyl/N-ethyl adjacent to an activating group) is 1. The summed E-state index contributed by atoms with van der Waals surface area (Å²) in [6, 6.07) is 9.35. The van der Waals surface area contributed by atoms with Crippen molar-refractivity contribution in [3.05, 3.63) is 35.4 Å². The summed E-state index contributed by atoms with van der Waals surface area (Å²) < 4.78 is 0. The van der Waals surface area contributed by atoms with E-state index >= 15 is 0 Å².